The molecule has 2 aromatic heterocycles. The van der Waals surface area contributed by atoms with Crippen LogP contribution in [-0.4, -0.2) is 25.5 Å². The Morgan fingerprint density at radius 3 is 2.47 bits per heavy atom. The van der Waals surface area contributed by atoms with Gasteiger partial charge in [0.1, 0.15) is 11.6 Å². The molecule has 0 aliphatic rings. The molecule has 1 atom stereocenters. The minimum atomic E-state index is -0.416. The number of nitrogens with zero attached hydrogens (tertiary/aromatic N) is 4. The molecule has 0 spiro atoms. The molecular weight excluding hydrogens is 388 g/mol. The van der Waals surface area contributed by atoms with E-state index in [9.17, 15) is 13.6 Å². The quantitative estimate of drug-likeness (QED) is 0.528. The van der Waals surface area contributed by atoms with Crippen molar-refractivity contribution in [2.75, 3.05) is 0 Å². The van der Waals surface area contributed by atoms with Gasteiger partial charge in [-0.2, -0.15) is 0 Å². The number of nitrogens with one attached hydrogen (secondary N) is 1. The molecule has 2 heterocycles. The fourth-order valence-corrected chi connectivity index (χ4v) is 3.20. The first-order valence-electron chi connectivity index (χ1n) is 9.39. The molecule has 0 saturated carbocycles. The van der Waals surface area contributed by atoms with Gasteiger partial charge in [-0.25, -0.2) is 13.5 Å². The van der Waals surface area contributed by atoms with Crippen molar-refractivity contribution in [2.45, 2.75) is 19.5 Å². The maximum absolute atomic E-state index is 13.6. The number of amides is 1. The molecule has 0 aliphatic heterocycles. The van der Waals surface area contributed by atoms with E-state index in [0.29, 0.717) is 11.4 Å². The number of carbonyl (C=O) groups excluding carboxylic acids is 1. The average molecular weight is 407 g/mol. The van der Waals surface area contributed by atoms with Crippen molar-refractivity contribution in [3.05, 3.63) is 102 Å². The maximum Gasteiger partial charge on any atom is 0.276 e. The summed E-state index contributed by atoms with van der Waals surface area (Å²) in [7, 11) is 0. The average Bonchev–Trinajstić information content (AvgIpc) is 3.38. The zero-order chi connectivity index (χ0) is 21.1. The van der Waals surface area contributed by atoms with E-state index in [0.717, 1.165) is 5.56 Å². The van der Waals surface area contributed by atoms with Crippen LogP contribution in [0.5, 0.6) is 0 Å². The van der Waals surface area contributed by atoms with E-state index >= 15 is 0 Å². The van der Waals surface area contributed by atoms with E-state index in [1.807, 2.05) is 12.1 Å². The Kier molecular flexibility index (Phi) is 5.38. The molecular formula is C22H19F2N5O. The summed E-state index contributed by atoms with van der Waals surface area (Å²) in [6, 6.07) is 15.4. The Morgan fingerprint density at radius 1 is 1.03 bits per heavy atom. The van der Waals surface area contributed by atoms with Gasteiger partial charge in [-0.1, -0.05) is 29.5 Å². The summed E-state index contributed by atoms with van der Waals surface area (Å²) >= 11 is 0. The van der Waals surface area contributed by atoms with Gasteiger partial charge in [-0.3, -0.25) is 4.79 Å². The molecule has 1 unspecified atom stereocenters. The molecule has 4 rings (SSSR count). The minimum absolute atomic E-state index is 0.136. The molecule has 0 fully saturated rings. The normalized spacial score (nSPS) is 12.0. The van der Waals surface area contributed by atoms with Crippen molar-refractivity contribution in [3.63, 3.8) is 0 Å². The molecule has 2 aromatic carbocycles. The van der Waals surface area contributed by atoms with Crippen molar-refractivity contribution in [2.24, 2.45) is 0 Å². The van der Waals surface area contributed by atoms with Crippen LogP contribution in [-0.2, 0) is 6.54 Å². The highest BCUT2D eigenvalue weighted by Crippen LogP contribution is 2.18. The number of hydrogen-bond donors (Lipinski definition) is 1. The van der Waals surface area contributed by atoms with Crippen LogP contribution in [0.25, 0.3) is 5.82 Å². The van der Waals surface area contributed by atoms with Gasteiger partial charge in [0.25, 0.3) is 5.91 Å². The molecule has 0 saturated heterocycles. The SMILES string of the molecule is CC(NC(=O)c1nnn(Cc2cccc(F)c2)c1-n1cccc1)c1ccc(F)cc1. The monoisotopic (exact) mass is 407 g/mol. The summed E-state index contributed by atoms with van der Waals surface area (Å²) < 4.78 is 30.0. The lowest BCUT2D eigenvalue weighted by atomic mass is 10.1. The van der Waals surface area contributed by atoms with Gasteiger partial charge in [0.05, 0.1) is 12.6 Å². The lowest BCUT2D eigenvalue weighted by Crippen LogP contribution is -2.28. The first kappa shape index (κ1) is 19.5. The van der Waals surface area contributed by atoms with Gasteiger partial charge >= 0.3 is 0 Å². The highest BCUT2D eigenvalue weighted by molar-refractivity contribution is 5.95. The van der Waals surface area contributed by atoms with Gasteiger partial charge in [0.2, 0.25) is 0 Å². The highest BCUT2D eigenvalue weighted by Gasteiger charge is 2.23. The van der Waals surface area contributed by atoms with E-state index in [1.165, 1.54) is 24.3 Å². The zero-order valence-corrected chi connectivity index (χ0v) is 16.2. The van der Waals surface area contributed by atoms with Crippen molar-refractivity contribution in [1.29, 1.82) is 0 Å². The van der Waals surface area contributed by atoms with Crippen LogP contribution in [0.1, 0.15) is 34.6 Å². The maximum atomic E-state index is 13.6. The van der Waals surface area contributed by atoms with Gasteiger partial charge in [0.15, 0.2) is 11.5 Å². The van der Waals surface area contributed by atoms with Crippen LogP contribution in [0.4, 0.5) is 8.78 Å². The third-order valence-corrected chi connectivity index (χ3v) is 4.71. The topological polar surface area (TPSA) is 64.7 Å². The zero-order valence-electron chi connectivity index (χ0n) is 16.2. The molecule has 4 aromatic rings. The molecule has 0 aliphatic carbocycles. The van der Waals surface area contributed by atoms with Crippen molar-refractivity contribution in [1.82, 2.24) is 24.9 Å². The Balaban J connectivity index is 1.63. The van der Waals surface area contributed by atoms with E-state index in [1.54, 1.807) is 52.8 Å². The summed E-state index contributed by atoms with van der Waals surface area (Å²) in [6.45, 7) is 2.05. The number of aromatic nitrogens is 4. The molecule has 8 heteroatoms. The van der Waals surface area contributed by atoms with Crippen LogP contribution >= 0.6 is 0 Å². The lowest BCUT2D eigenvalue weighted by molar-refractivity contribution is 0.0934. The van der Waals surface area contributed by atoms with Crippen LogP contribution in [0.2, 0.25) is 0 Å². The van der Waals surface area contributed by atoms with Gasteiger partial charge in [-0.15, -0.1) is 5.10 Å². The molecule has 30 heavy (non-hydrogen) atoms. The van der Waals surface area contributed by atoms with E-state index in [4.69, 9.17) is 0 Å². The van der Waals surface area contributed by atoms with Crippen molar-refractivity contribution >= 4 is 5.91 Å². The number of carbonyl (C=O) groups is 1. The number of rotatable bonds is 6. The van der Waals surface area contributed by atoms with E-state index in [2.05, 4.69) is 15.6 Å². The number of halogens is 2. The van der Waals surface area contributed by atoms with Crippen LogP contribution in [0.15, 0.2) is 73.1 Å². The summed E-state index contributed by atoms with van der Waals surface area (Å²) in [5.74, 6) is -0.636. The highest BCUT2D eigenvalue weighted by atomic mass is 19.1. The van der Waals surface area contributed by atoms with Gasteiger partial charge in [-0.05, 0) is 54.4 Å². The Bertz CT molecular complexity index is 1150. The summed E-state index contributed by atoms with van der Waals surface area (Å²) in [5, 5.41) is 11.1. The summed E-state index contributed by atoms with van der Waals surface area (Å²) in [4.78, 5) is 13.0. The first-order valence-corrected chi connectivity index (χ1v) is 9.39. The third kappa shape index (κ3) is 4.12. The molecule has 1 N–H and O–H groups in total. The molecule has 0 radical (unpaired) electrons. The Labute approximate surface area is 171 Å². The summed E-state index contributed by atoms with van der Waals surface area (Å²) in [6.07, 6.45) is 3.56. The standard InChI is InChI=1S/C22H19F2N5O/c1-15(17-7-9-18(23)10-8-17)25-21(30)20-22(28-11-2-3-12-28)29(27-26-20)14-16-5-4-6-19(24)13-16/h2-13,15H,14H2,1H3,(H,25,30). The number of benzene rings is 2. The smallest absolute Gasteiger partial charge is 0.276 e. The lowest BCUT2D eigenvalue weighted by Gasteiger charge is -2.14. The molecule has 152 valence electrons. The number of hydrogen-bond acceptors (Lipinski definition) is 3. The molecule has 0 bridgehead atoms. The van der Waals surface area contributed by atoms with Gasteiger partial charge < -0.3 is 9.88 Å². The predicted molar refractivity (Wildman–Crippen MR) is 107 cm³/mol. The second kappa shape index (κ2) is 8.28. The predicted octanol–water partition coefficient (Wildman–Crippen LogP) is 3.89. The second-order valence-corrected chi connectivity index (χ2v) is 6.89. The van der Waals surface area contributed by atoms with Crippen molar-refractivity contribution < 1.29 is 13.6 Å². The Morgan fingerprint density at radius 2 is 1.77 bits per heavy atom. The fourth-order valence-electron chi connectivity index (χ4n) is 3.20. The fraction of sp³-hybridized carbons (Fsp3) is 0.136. The molecule has 1 amide bonds. The summed E-state index contributed by atoms with van der Waals surface area (Å²) in [5.41, 5.74) is 1.59. The molecule has 6 nitrogen and oxygen atoms in total. The van der Waals surface area contributed by atoms with Gasteiger partial charge in [0, 0.05) is 12.4 Å². The van der Waals surface area contributed by atoms with Crippen LogP contribution in [0, 0.1) is 11.6 Å². The largest absolute Gasteiger partial charge is 0.344 e. The van der Waals surface area contributed by atoms with E-state index in [-0.39, 0.29) is 29.9 Å². The second-order valence-electron chi connectivity index (χ2n) is 6.89. The first-order chi connectivity index (χ1) is 14.5. The van der Waals surface area contributed by atoms with Crippen LogP contribution < -0.4 is 5.32 Å². The third-order valence-electron chi connectivity index (χ3n) is 4.71. The minimum Gasteiger partial charge on any atom is -0.344 e. The van der Waals surface area contributed by atoms with Crippen molar-refractivity contribution in [3.8, 4) is 5.82 Å². The van der Waals surface area contributed by atoms with E-state index < -0.39 is 5.91 Å². The Hall–Kier alpha value is -3.81. The van der Waals surface area contributed by atoms with Crippen LogP contribution in [0.3, 0.4) is 0 Å².